The van der Waals surface area contributed by atoms with Crippen LogP contribution in [0.25, 0.3) is 11.3 Å². The number of anilines is 2. The van der Waals surface area contributed by atoms with Gasteiger partial charge in [-0.05, 0) is 42.7 Å². The number of methoxy groups -OCH3 is 1. The van der Waals surface area contributed by atoms with Crippen molar-refractivity contribution in [3.63, 3.8) is 0 Å². The van der Waals surface area contributed by atoms with Crippen LogP contribution in [0.5, 0.6) is 5.75 Å². The van der Waals surface area contributed by atoms with Crippen LogP contribution < -0.4 is 15.4 Å². The Morgan fingerprint density at radius 1 is 0.967 bits per heavy atom. The quantitative estimate of drug-likeness (QED) is 0.500. The van der Waals surface area contributed by atoms with E-state index >= 15 is 0 Å². The van der Waals surface area contributed by atoms with Crippen LogP contribution in [0.15, 0.2) is 53.9 Å². The molecule has 0 radical (unpaired) electrons. The summed E-state index contributed by atoms with van der Waals surface area (Å²) >= 11 is 1.39. The minimum atomic E-state index is -0.0688. The number of aromatic nitrogens is 1. The van der Waals surface area contributed by atoms with Gasteiger partial charge in [-0.25, -0.2) is 4.98 Å². The molecule has 0 atom stereocenters. The molecule has 6 nitrogen and oxygen atoms in total. The zero-order valence-electron chi connectivity index (χ0n) is 17.1. The van der Waals surface area contributed by atoms with Gasteiger partial charge in [0.05, 0.1) is 12.8 Å². The maximum atomic E-state index is 12.2. The molecular formula is C23H25N3O3S. The normalized spacial score (nSPS) is 10.5. The van der Waals surface area contributed by atoms with E-state index < -0.39 is 0 Å². The van der Waals surface area contributed by atoms with Gasteiger partial charge in [0.2, 0.25) is 11.8 Å². The van der Waals surface area contributed by atoms with Crippen molar-refractivity contribution in [2.24, 2.45) is 0 Å². The lowest BCUT2D eigenvalue weighted by atomic mass is 10.1. The highest BCUT2D eigenvalue weighted by atomic mass is 32.1. The standard InChI is InChI=1S/C23H25N3O3S/c1-3-4-21(27)24-18-10-8-17(9-11-18)20-15-30-23(25-20)26-22(28)14-7-16-5-12-19(29-2)13-6-16/h5-6,8-13,15H,3-4,7,14H2,1-2H3,(H,24,27)(H,25,26,28). The molecule has 30 heavy (non-hydrogen) atoms. The zero-order chi connectivity index (χ0) is 21.3. The topological polar surface area (TPSA) is 80.3 Å². The van der Waals surface area contributed by atoms with E-state index in [0.717, 1.165) is 34.7 Å². The number of hydrogen-bond acceptors (Lipinski definition) is 5. The Kier molecular flexibility index (Phi) is 7.57. The van der Waals surface area contributed by atoms with Crippen molar-refractivity contribution in [1.29, 1.82) is 0 Å². The molecule has 1 heterocycles. The summed E-state index contributed by atoms with van der Waals surface area (Å²) in [5, 5.41) is 8.21. The molecule has 0 fully saturated rings. The number of benzene rings is 2. The first-order chi connectivity index (χ1) is 14.6. The summed E-state index contributed by atoms with van der Waals surface area (Å²) in [6, 6.07) is 15.2. The Balaban J connectivity index is 1.52. The van der Waals surface area contributed by atoms with Crippen molar-refractivity contribution in [3.05, 3.63) is 59.5 Å². The highest BCUT2D eigenvalue weighted by Crippen LogP contribution is 2.26. The second-order valence-corrected chi connectivity index (χ2v) is 7.67. The average Bonchev–Trinajstić information content (AvgIpc) is 3.21. The number of amides is 2. The Morgan fingerprint density at radius 3 is 2.33 bits per heavy atom. The third-order valence-electron chi connectivity index (χ3n) is 4.49. The summed E-state index contributed by atoms with van der Waals surface area (Å²) in [5.74, 6) is 0.745. The second-order valence-electron chi connectivity index (χ2n) is 6.81. The van der Waals surface area contributed by atoms with E-state index in [1.165, 1.54) is 11.3 Å². The van der Waals surface area contributed by atoms with Gasteiger partial charge < -0.3 is 15.4 Å². The van der Waals surface area contributed by atoms with E-state index in [1.807, 2.05) is 60.8 Å². The molecule has 1 aromatic heterocycles. The third kappa shape index (κ3) is 6.15. The minimum Gasteiger partial charge on any atom is -0.497 e. The van der Waals surface area contributed by atoms with Crippen molar-refractivity contribution in [1.82, 2.24) is 4.98 Å². The Labute approximate surface area is 180 Å². The molecule has 0 bridgehead atoms. The summed E-state index contributed by atoms with van der Waals surface area (Å²) < 4.78 is 5.14. The van der Waals surface area contributed by atoms with Crippen LogP contribution in [0.4, 0.5) is 10.8 Å². The Hall–Kier alpha value is -3.19. The molecule has 2 aromatic carbocycles. The first-order valence-corrected chi connectivity index (χ1v) is 10.7. The lowest BCUT2D eigenvalue weighted by molar-refractivity contribution is -0.117. The van der Waals surface area contributed by atoms with Crippen molar-refractivity contribution in [2.75, 3.05) is 17.7 Å². The predicted octanol–water partition coefficient (Wildman–Crippen LogP) is 5.13. The number of nitrogens with zero attached hydrogens (tertiary/aromatic N) is 1. The largest absolute Gasteiger partial charge is 0.497 e. The van der Waals surface area contributed by atoms with E-state index in [9.17, 15) is 9.59 Å². The lowest BCUT2D eigenvalue weighted by Crippen LogP contribution is -2.12. The number of rotatable bonds is 9. The van der Waals surface area contributed by atoms with Crippen LogP contribution >= 0.6 is 11.3 Å². The van der Waals surface area contributed by atoms with Crippen LogP contribution in [-0.4, -0.2) is 23.9 Å². The summed E-state index contributed by atoms with van der Waals surface area (Å²) in [7, 11) is 1.63. The van der Waals surface area contributed by atoms with Gasteiger partial charge in [0.1, 0.15) is 5.75 Å². The Morgan fingerprint density at radius 2 is 1.67 bits per heavy atom. The molecular weight excluding hydrogens is 398 g/mol. The number of hydrogen-bond donors (Lipinski definition) is 2. The molecule has 0 aliphatic rings. The van der Waals surface area contributed by atoms with Gasteiger partial charge in [-0.2, -0.15) is 0 Å². The molecule has 0 aliphatic heterocycles. The molecule has 0 spiro atoms. The minimum absolute atomic E-state index is 0.0125. The molecule has 3 aromatic rings. The molecule has 0 unspecified atom stereocenters. The summed E-state index contributed by atoms with van der Waals surface area (Å²) in [5.41, 5.74) is 3.56. The molecule has 0 saturated carbocycles. The number of thiazole rings is 1. The average molecular weight is 424 g/mol. The van der Waals surface area contributed by atoms with Crippen molar-refractivity contribution in [2.45, 2.75) is 32.6 Å². The fraction of sp³-hybridized carbons (Fsp3) is 0.261. The van der Waals surface area contributed by atoms with Gasteiger partial charge >= 0.3 is 0 Å². The van der Waals surface area contributed by atoms with Crippen LogP contribution in [0.3, 0.4) is 0 Å². The van der Waals surface area contributed by atoms with Gasteiger partial charge in [-0.15, -0.1) is 11.3 Å². The fourth-order valence-electron chi connectivity index (χ4n) is 2.87. The first-order valence-electron chi connectivity index (χ1n) is 9.86. The number of carbonyl (C=O) groups excluding carboxylic acids is 2. The van der Waals surface area contributed by atoms with Crippen molar-refractivity contribution < 1.29 is 14.3 Å². The maximum Gasteiger partial charge on any atom is 0.226 e. The molecule has 3 rings (SSSR count). The lowest BCUT2D eigenvalue weighted by Gasteiger charge is -2.05. The van der Waals surface area contributed by atoms with Crippen molar-refractivity contribution >= 4 is 34.0 Å². The van der Waals surface area contributed by atoms with Gasteiger partial charge in [0.25, 0.3) is 0 Å². The molecule has 156 valence electrons. The first kappa shape index (κ1) is 21.5. The van der Waals surface area contributed by atoms with Gasteiger partial charge in [-0.1, -0.05) is 31.2 Å². The Bertz CT molecular complexity index is 982. The van der Waals surface area contributed by atoms with Gasteiger partial charge in [-0.3, -0.25) is 9.59 Å². The highest BCUT2D eigenvalue weighted by Gasteiger charge is 2.09. The summed E-state index contributed by atoms with van der Waals surface area (Å²) in [6.45, 7) is 1.97. The van der Waals surface area contributed by atoms with Crippen LogP contribution in [-0.2, 0) is 16.0 Å². The number of ether oxygens (including phenoxy) is 1. The smallest absolute Gasteiger partial charge is 0.226 e. The number of carbonyl (C=O) groups is 2. The van der Waals surface area contributed by atoms with Crippen LogP contribution in [0.1, 0.15) is 31.7 Å². The van der Waals surface area contributed by atoms with E-state index in [4.69, 9.17) is 4.74 Å². The fourth-order valence-corrected chi connectivity index (χ4v) is 3.61. The van der Waals surface area contributed by atoms with Crippen LogP contribution in [0.2, 0.25) is 0 Å². The monoisotopic (exact) mass is 423 g/mol. The second kappa shape index (κ2) is 10.5. The van der Waals surface area contributed by atoms with E-state index in [0.29, 0.717) is 24.4 Å². The number of nitrogens with one attached hydrogen (secondary N) is 2. The van der Waals surface area contributed by atoms with Gasteiger partial charge in [0.15, 0.2) is 5.13 Å². The number of aryl methyl sites for hydroxylation is 1. The third-order valence-corrected chi connectivity index (χ3v) is 5.25. The van der Waals surface area contributed by atoms with E-state index in [-0.39, 0.29) is 11.8 Å². The predicted molar refractivity (Wildman–Crippen MR) is 121 cm³/mol. The molecule has 2 amide bonds. The highest BCUT2D eigenvalue weighted by molar-refractivity contribution is 7.14. The van der Waals surface area contributed by atoms with E-state index in [1.54, 1.807) is 7.11 Å². The SMILES string of the molecule is CCCC(=O)Nc1ccc(-c2csc(NC(=O)CCc3ccc(OC)cc3)n2)cc1. The molecule has 0 saturated heterocycles. The van der Waals surface area contributed by atoms with E-state index in [2.05, 4.69) is 15.6 Å². The summed E-state index contributed by atoms with van der Waals surface area (Å²) in [6.07, 6.45) is 2.36. The maximum absolute atomic E-state index is 12.2. The molecule has 0 aliphatic carbocycles. The molecule has 7 heteroatoms. The van der Waals surface area contributed by atoms with Gasteiger partial charge in [0, 0.05) is 29.5 Å². The molecule has 2 N–H and O–H groups in total. The summed E-state index contributed by atoms with van der Waals surface area (Å²) in [4.78, 5) is 28.4. The van der Waals surface area contributed by atoms with Crippen LogP contribution in [0, 0.1) is 0 Å². The van der Waals surface area contributed by atoms with Crippen molar-refractivity contribution in [3.8, 4) is 17.0 Å². The zero-order valence-corrected chi connectivity index (χ0v) is 17.9.